The van der Waals surface area contributed by atoms with Gasteiger partial charge in [0.2, 0.25) is 5.91 Å². The quantitative estimate of drug-likeness (QED) is 0.566. The minimum atomic E-state index is -4.33. The van der Waals surface area contributed by atoms with E-state index in [1.54, 1.807) is 4.90 Å². The van der Waals surface area contributed by atoms with Crippen molar-refractivity contribution in [3.63, 3.8) is 0 Å². The number of nitrogens with one attached hydrogen (secondary N) is 2. The van der Waals surface area contributed by atoms with Crippen molar-refractivity contribution < 1.29 is 27.8 Å². The van der Waals surface area contributed by atoms with Gasteiger partial charge in [-0.1, -0.05) is 6.42 Å². The van der Waals surface area contributed by atoms with Crippen molar-refractivity contribution in [1.29, 1.82) is 0 Å². The van der Waals surface area contributed by atoms with Crippen molar-refractivity contribution in [1.82, 2.24) is 20.7 Å². The van der Waals surface area contributed by atoms with Gasteiger partial charge in [0.05, 0.1) is 32.0 Å². The van der Waals surface area contributed by atoms with Gasteiger partial charge in [-0.3, -0.25) is 9.69 Å². The maximum atomic E-state index is 13.8. The highest BCUT2D eigenvalue weighted by Crippen LogP contribution is 2.52. The molecule has 3 heterocycles. The first-order valence-electron chi connectivity index (χ1n) is 12.5. The Morgan fingerprint density at radius 1 is 1.21 bits per heavy atom. The summed E-state index contributed by atoms with van der Waals surface area (Å²) in [6.45, 7) is 2.14. The Balaban J connectivity index is 1.30. The standard InChI is InChI=1S/C23H37F3N4O3/c1-29-13-27-28-20(29)8-22(11-33-12-22)15-3-2-4-16(7-15)30-9-18-17(21(30)32)5-14(10-31)6-19(18)23(24,25)26/h14-20,27-28,31H,2-13H2,1H3. The summed E-state index contributed by atoms with van der Waals surface area (Å²) in [5, 5.41) is 9.57. The van der Waals surface area contributed by atoms with Crippen molar-refractivity contribution in [2.75, 3.05) is 40.1 Å². The zero-order valence-electron chi connectivity index (χ0n) is 19.3. The van der Waals surface area contributed by atoms with E-state index in [4.69, 9.17) is 4.74 Å². The van der Waals surface area contributed by atoms with Gasteiger partial charge in [0.25, 0.3) is 0 Å². The SMILES string of the molecule is CN1CNNC1CC1(C2CCCC(N3CC4C(CC(CO)CC4C(F)(F)F)C3=O)C2)COC1. The number of fused-ring (bicyclic) bond motifs is 1. The minimum absolute atomic E-state index is 0.00757. The lowest BCUT2D eigenvalue weighted by atomic mass is 9.64. The van der Waals surface area contributed by atoms with E-state index in [0.29, 0.717) is 25.6 Å². The second-order valence-corrected chi connectivity index (χ2v) is 11.3. The second kappa shape index (κ2) is 8.93. The van der Waals surface area contributed by atoms with Crippen LogP contribution >= 0.6 is 0 Å². The summed E-state index contributed by atoms with van der Waals surface area (Å²) in [6.07, 6.45) is 0.954. The molecule has 0 spiro atoms. The van der Waals surface area contributed by atoms with Crippen molar-refractivity contribution in [2.45, 2.75) is 63.3 Å². The molecule has 2 aliphatic carbocycles. The Labute approximate surface area is 193 Å². The van der Waals surface area contributed by atoms with Crippen molar-refractivity contribution in [3.05, 3.63) is 0 Å². The Kier molecular flexibility index (Phi) is 6.44. The summed E-state index contributed by atoms with van der Waals surface area (Å²) < 4.78 is 47.2. The molecule has 0 aromatic carbocycles. The summed E-state index contributed by atoms with van der Waals surface area (Å²) in [7, 11) is 2.08. The number of carbonyl (C=O) groups excluding carboxylic acids is 1. The summed E-state index contributed by atoms with van der Waals surface area (Å²) in [5.41, 5.74) is 6.57. The molecule has 0 aromatic rings. The largest absolute Gasteiger partial charge is 0.396 e. The molecule has 0 aromatic heterocycles. The molecule has 3 N–H and O–H groups in total. The Bertz CT molecular complexity index is 734. The fourth-order valence-corrected chi connectivity index (χ4v) is 7.36. The van der Waals surface area contributed by atoms with Gasteiger partial charge in [0, 0.05) is 30.5 Å². The highest BCUT2D eigenvalue weighted by Gasteiger charge is 2.58. The molecule has 5 aliphatic rings. The third kappa shape index (κ3) is 4.30. The average Bonchev–Trinajstić information content (AvgIpc) is 3.32. The van der Waals surface area contributed by atoms with E-state index in [2.05, 4.69) is 22.8 Å². The van der Waals surface area contributed by atoms with Crippen LogP contribution in [0.15, 0.2) is 0 Å². The Morgan fingerprint density at radius 3 is 2.61 bits per heavy atom. The molecular formula is C23H37F3N4O3. The topological polar surface area (TPSA) is 77.1 Å². The highest BCUT2D eigenvalue weighted by atomic mass is 19.4. The number of aliphatic hydroxyl groups is 1. The Morgan fingerprint density at radius 2 is 2.00 bits per heavy atom. The first kappa shape index (κ1) is 23.8. The van der Waals surface area contributed by atoms with Crippen LogP contribution in [0.2, 0.25) is 0 Å². The molecule has 1 amide bonds. The lowest BCUT2D eigenvalue weighted by Gasteiger charge is -2.52. The molecule has 3 aliphatic heterocycles. The van der Waals surface area contributed by atoms with Gasteiger partial charge >= 0.3 is 6.18 Å². The Hall–Kier alpha value is -0.940. The van der Waals surface area contributed by atoms with Crippen LogP contribution in [0.4, 0.5) is 13.2 Å². The fourth-order valence-electron chi connectivity index (χ4n) is 7.36. The molecular weight excluding hydrogens is 437 g/mol. The molecule has 2 saturated carbocycles. The van der Waals surface area contributed by atoms with Crippen LogP contribution < -0.4 is 10.9 Å². The van der Waals surface area contributed by atoms with Crippen LogP contribution in [0.25, 0.3) is 0 Å². The number of aliphatic hydroxyl groups excluding tert-OH is 1. The molecule has 10 heteroatoms. The van der Waals surface area contributed by atoms with E-state index in [-0.39, 0.29) is 43.1 Å². The number of hydrogen-bond acceptors (Lipinski definition) is 6. The van der Waals surface area contributed by atoms with Gasteiger partial charge in [0.15, 0.2) is 0 Å². The molecule has 3 saturated heterocycles. The van der Waals surface area contributed by atoms with E-state index in [1.807, 2.05) is 0 Å². The summed E-state index contributed by atoms with van der Waals surface area (Å²) in [5.74, 6) is -2.93. The van der Waals surface area contributed by atoms with Crippen LogP contribution in [0.1, 0.15) is 44.9 Å². The number of alkyl halides is 3. The van der Waals surface area contributed by atoms with Gasteiger partial charge in [-0.15, -0.1) is 0 Å². The van der Waals surface area contributed by atoms with E-state index in [0.717, 1.165) is 38.8 Å². The summed E-state index contributed by atoms with van der Waals surface area (Å²) in [4.78, 5) is 17.4. The molecule has 0 radical (unpaired) electrons. The van der Waals surface area contributed by atoms with Crippen molar-refractivity contribution >= 4 is 5.91 Å². The lowest BCUT2D eigenvalue weighted by Crippen LogP contribution is -2.56. The highest BCUT2D eigenvalue weighted by molar-refractivity contribution is 5.82. The van der Waals surface area contributed by atoms with Crippen LogP contribution in [-0.4, -0.2) is 79.3 Å². The fraction of sp³-hybridized carbons (Fsp3) is 0.957. The van der Waals surface area contributed by atoms with Crippen LogP contribution in [0.3, 0.4) is 0 Å². The maximum Gasteiger partial charge on any atom is 0.392 e. The number of nitrogens with zero attached hydrogens (tertiary/aromatic N) is 2. The van der Waals surface area contributed by atoms with Gasteiger partial charge < -0.3 is 14.7 Å². The predicted octanol–water partition coefficient (Wildman–Crippen LogP) is 1.93. The van der Waals surface area contributed by atoms with E-state index in [9.17, 15) is 23.1 Å². The molecule has 5 fully saturated rings. The molecule has 7 atom stereocenters. The first-order chi connectivity index (χ1) is 15.7. The summed E-state index contributed by atoms with van der Waals surface area (Å²) in [6, 6.07) is 0.00757. The molecule has 33 heavy (non-hydrogen) atoms. The van der Waals surface area contributed by atoms with Crippen molar-refractivity contribution in [2.24, 2.45) is 35.0 Å². The molecule has 7 nitrogen and oxygen atoms in total. The number of amides is 1. The zero-order valence-corrected chi connectivity index (χ0v) is 19.3. The minimum Gasteiger partial charge on any atom is -0.396 e. The third-order valence-electron chi connectivity index (χ3n) is 9.36. The van der Waals surface area contributed by atoms with E-state index in [1.165, 1.54) is 0 Å². The monoisotopic (exact) mass is 474 g/mol. The number of carbonyl (C=O) groups is 1. The van der Waals surface area contributed by atoms with Crippen molar-refractivity contribution in [3.8, 4) is 0 Å². The third-order valence-corrected chi connectivity index (χ3v) is 9.36. The molecule has 0 bridgehead atoms. The number of likely N-dealkylation sites (tertiary alicyclic amines) is 1. The number of hydrogen-bond donors (Lipinski definition) is 3. The number of ether oxygens (including phenoxy) is 1. The molecule has 188 valence electrons. The van der Waals surface area contributed by atoms with Gasteiger partial charge in [-0.2, -0.15) is 13.2 Å². The lowest BCUT2D eigenvalue weighted by molar-refractivity contribution is -0.204. The molecule has 5 rings (SSSR count). The zero-order chi connectivity index (χ0) is 23.4. The first-order valence-corrected chi connectivity index (χ1v) is 12.5. The summed E-state index contributed by atoms with van der Waals surface area (Å²) >= 11 is 0. The number of halogens is 3. The number of rotatable bonds is 5. The normalized spacial score (nSPS) is 41.8. The van der Waals surface area contributed by atoms with Gasteiger partial charge in [0.1, 0.15) is 0 Å². The second-order valence-electron chi connectivity index (χ2n) is 11.3. The van der Waals surface area contributed by atoms with Gasteiger partial charge in [-0.05, 0) is 63.3 Å². The van der Waals surface area contributed by atoms with Crippen LogP contribution in [-0.2, 0) is 9.53 Å². The van der Waals surface area contributed by atoms with E-state index >= 15 is 0 Å². The number of hydrazine groups is 1. The molecule has 7 unspecified atom stereocenters. The smallest absolute Gasteiger partial charge is 0.392 e. The van der Waals surface area contributed by atoms with E-state index < -0.39 is 29.8 Å². The average molecular weight is 475 g/mol. The maximum absolute atomic E-state index is 13.8. The van der Waals surface area contributed by atoms with Crippen LogP contribution in [0.5, 0.6) is 0 Å². The van der Waals surface area contributed by atoms with Gasteiger partial charge in [-0.25, -0.2) is 10.9 Å². The van der Waals surface area contributed by atoms with Crippen LogP contribution in [0, 0.1) is 35.0 Å². The predicted molar refractivity (Wildman–Crippen MR) is 114 cm³/mol.